The molecule has 4 atom stereocenters. The second kappa shape index (κ2) is 5.88. The van der Waals surface area contributed by atoms with E-state index in [0.717, 1.165) is 25.7 Å². The van der Waals surface area contributed by atoms with E-state index < -0.39 is 6.10 Å². The number of alkyl halides is 1. The number of benzene rings is 1. The standard InChI is InChI=1S/C17H22ClNO/c1-19-16-9-7-12(13-4-2-3-5-14(13)16)11-6-8-15(18)17(20)10-11/h2-6,12,15-17,19-20H,7-10H2,1H3. The molecule has 0 radical (unpaired) electrons. The monoisotopic (exact) mass is 291 g/mol. The van der Waals surface area contributed by atoms with E-state index >= 15 is 0 Å². The van der Waals surface area contributed by atoms with Gasteiger partial charge < -0.3 is 10.4 Å². The van der Waals surface area contributed by atoms with E-state index in [4.69, 9.17) is 11.6 Å². The fourth-order valence-corrected chi connectivity index (χ4v) is 3.81. The molecule has 2 aliphatic rings. The van der Waals surface area contributed by atoms with Gasteiger partial charge in [-0.25, -0.2) is 0 Å². The number of aliphatic hydroxyl groups is 1. The fourth-order valence-electron chi connectivity index (χ4n) is 3.63. The predicted molar refractivity (Wildman–Crippen MR) is 83.2 cm³/mol. The minimum atomic E-state index is -0.397. The third-order valence-electron chi connectivity index (χ3n) is 4.75. The van der Waals surface area contributed by atoms with Crippen LogP contribution in [0.4, 0.5) is 0 Å². The summed E-state index contributed by atoms with van der Waals surface area (Å²) in [5, 5.41) is 13.3. The molecule has 0 fully saturated rings. The molecule has 0 heterocycles. The van der Waals surface area contributed by atoms with Crippen LogP contribution in [-0.4, -0.2) is 23.6 Å². The van der Waals surface area contributed by atoms with E-state index in [-0.39, 0.29) is 5.38 Å². The van der Waals surface area contributed by atoms with Crippen molar-refractivity contribution in [1.82, 2.24) is 5.32 Å². The van der Waals surface area contributed by atoms with E-state index in [1.165, 1.54) is 16.7 Å². The van der Waals surface area contributed by atoms with Crippen molar-refractivity contribution in [3.05, 3.63) is 47.0 Å². The maximum absolute atomic E-state index is 10.0. The van der Waals surface area contributed by atoms with Crippen LogP contribution in [0.15, 0.2) is 35.9 Å². The molecule has 108 valence electrons. The molecule has 2 aliphatic carbocycles. The Morgan fingerprint density at radius 3 is 2.65 bits per heavy atom. The lowest BCUT2D eigenvalue weighted by molar-refractivity contribution is 0.161. The Kier molecular flexibility index (Phi) is 4.16. The lowest BCUT2D eigenvalue weighted by Crippen LogP contribution is -2.29. The van der Waals surface area contributed by atoms with Crippen LogP contribution in [0.1, 0.15) is 48.8 Å². The van der Waals surface area contributed by atoms with Gasteiger partial charge in [0.25, 0.3) is 0 Å². The molecular formula is C17H22ClNO. The van der Waals surface area contributed by atoms with Crippen LogP contribution >= 0.6 is 11.6 Å². The molecule has 3 heteroatoms. The quantitative estimate of drug-likeness (QED) is 0.645. The first kappa shape index (κ1) is 14.1. The number of rotatable bonds is 2. The molecule has 0 aromatic heterocycles. The molecule has 1 aromatic carbocycles. The molecule has 0 spiro atoms. The van der Waals surface area contributed by atoms with Gasteiger partial charge in [-0.15, -0.1) is 11.6 Å². The molecule has 0 saturated carbocycles. The van der Waals surface area contributed by atoms with Gasteiger partial charge in [-0.2, -0.15) is 0 Å². The van der Waals surface area contributed by atoms with Crippen molar-refractivity contribution in [1.29, 1.82) is 0 Å². The van der Waals surface area contributed by atoms with Gasteiger partial charge in [0.1, 0.15) is 0 Å². The smallest absolute Gasteiger partial charge is 0.0743 e. The summed E-state index contributed by atoms with van der Waals surface area (Å²) in [5.74, 6) is 0.453. The fraction of sp³-hybridized carbons (Fsp3) is 0.529. The lowest BCUT2D eigenvalue weighted by Gasteiger charge is -2.35. The Hall–Kier alpha value is -0.830. The van der Waals surface area contributed by atoms with Gasteiger partial charge >= 0.3 is 0 Å². The normalized spacial score (nSPS) is 33.5. The van der Waals surface area contributed by atoms with Crippen molar-refractivity contribution in [3.63, 3.8) is 0 Å². The highest BCUT2D eigenvalue weighted by Crippen LogP contribution is 2.44. The van der Waals surface area contributed by atoms with E-state index in [9.17, 15) is 5.11 Å². The molecule has 4 unspecified atom stereocenters. The van der Waals surface area contributed by atoms with Crippen molar-refractivity contribution in [2.24, 2.45) is 0 Å². The SMILES string of the molecule is CNC1CCC(C2=CCC(Cl)C(O)C2)c2ccccc21. The largest absolute Gasteiger partial charge is 0.391 e. The molecule has 2 nitrogen and oxygen atoms in total. The summed E-state index contributed by atoms with van der Waals surface area (Å²) in [6.45, 7) is 0. The van der Waals surface area contributed by atoms with E-state index in [2.05, 4.69) is 35.7 Å². The van der Waals surface area contributed by atoms with Crippen molar-refractivity contribution in [3.8, 4) is 0 Å². The lowest BCUT2D eigenvalue weighted by atomic mass is 9.73. The molecule has 1 aromatic rings. The van der Waals surface area contributed by atoms with Crippen LogP contribution < -0.4 is 5.32 Å². The zero-order chi connectivity index (χ0) is 14.1. The summed E-state index contributed by atoms with van der Waals surface area (Å²) in [4.78, 5) is 0. The van der Waals surface area contributed by atoms with Crippen LogP contribution in [0.5, 0.6) is 0 Å². The average molecular weight is 292 g/mol. The van der Waals surface area contributed by atoms with Crippen LogP contribution in [0.2, 0.25) is 0 Å². The van der Waals surface area contributed by atoms with Gasteiger partial charge in [-0.3, -0.25) is 0 Å². The highest BCUT2D eigenvalue weighted by molar-refractivity contribution is 6.21. The van der Waals surface area contributed by atoms with Crippen LogP contribution in [0.3, 0.4) is 0 Å². The molecule has 20 heavy (non-hydrogen) atoms. The number of hydrogen-bond donors (Lipinski definition) is 2. The van der Waals surface area contributed by atoms with Gasteiger partial charge in [0, 0.05) is 12.0 Å². The number of nitrogens with one attached hydrogen (secondary N) is 1. The molecule has 2 N–H and O–H groups in total. The molecule has 0 aliphatic heterocycles. The second-order valence-electron chi connectivity index (χ2n) is 5.90. The topological polar surface area (TPSA) is 32.3 Å². The molecule has 0 saturated heterocycles. The Balaban J connectivity index is 1.92. The Labute approximate surface area is 125 Å². The van der Waals surface area contributed by atoms with Crippen LogP contribution in [0.25, 0.3) is 0 Å². The third-order valence-corrected chi connectivity index (χ3v) is 5.22. The first-order chi connectivity index (χ1) is 9.70. The minimum absolute atomic E-state index is 0.123. The molecule has 0 amide bonds. The number of aliphatic hydroxyl groups excluding tert-OH is 1. The summed E-state index contributed by atoms with van der Waals surface area (Å²) in [5.41, 5.74) is 4.20. The maximum Gasteiger partial charge on any atom is 0.0743 e. The average Bonchev–Trinajstić information content (AvgIpc) is 2.49. The predicted octanol–water partition coefficient (Wildman–Crippen LogP) is 3.51. The van der Waals surface area contributed by atoms with Crippen molar-refractivity contribution < 1.29 is 5.11 Å². The van der Waals surface area contributed by atoms with Gasteiger partial charge in [0.05, 0.1) is 11.5 Å². The van der Waals surface area contributed by atoms with Gasteiger partial charge in [0.2, 0.25) is 0 Å². The highest BCUT2D eigenvalue weighted by Gasteiger charge is 2.31. The zero-order valence-electron chi connectivity index (χ0n) is 11.8. The summed E-state index contributed by atoms with van der Waals surface area (Å²) >= 11 is 6.11. The highest BCUT2D eigenvalue weighted by atomic mass is 35.5. The van der Waals surface area contributed by atoms with E-state index in [0.29, 0.717) is 12.0 Å². The summed E-state index contributed by atoms with van der Waals surface area (Å²) < 4.78 is 0. The first-order valence-corrected chi connectivity index (χ1v) is 7.91. The van der Waals surface area contributed by atoms with Crippen molar-refractivity contribution in [2.75, 3.05) is 7.05 Å². The Bertz CT molecular complexity index is 513. The molecule has 3 rings (SSSR count). The van der Waals surface area contributed by atoms with Gasteiger partial charge in [-0.05, 0) is 43.9 Å². The van der Waals surface area contributed by atoms with Crippen LogP contribution in [-0.2, 0) is 0 Å². The Morgan fingerprint density at radius 1 is 1.20 bits per heavy atom. The number of hydrogen-bond acceptors (Lipinski definition) is 2. The van der Waals surface area contributed by atoms with Crippen LogP contribution in [0, 0.1) is 0 Å². The first-order valence-electron chi connectivity index (χ1n) is 7.48. The Morgan fingerprint density at radius 2 is 1.95 bits per heavy atom. The molecular weight excluding hydrogens is 270 g/mol. The van der Waals surface area contributed by atoms with E-state index in [1.54, 1.807) is 0 Å². The summed E-state index contributed by atoms with van der Waals surface area (Å²) in [6.07, 6.45) is 5.66. The molecule has 0 bridgehead atoms. The summed E-state index contributed by atoms with van der Waals surface area (Å²) in [6, 6.07) is 9.16. The van der Waals surface area contributed by atoms with Gasteiger partial charge in [-0.1, -0.05) is 35.9 Å². The number of fused-ring (bicyclic) bond motifs is 1. The second-order valence-corrected chi connectivity index (χ2v) is 6.46. The minimum Gasteiger partial charge on any atom is -0.391 e. The number of halogens is 1. The summed E-state index contributed by atoms with van der Waals surface area (Å²) in [7, 11) is 2.03. The zero-order valence-corrected chi connectivity index (χ0v) is 12.6. The maximum atomic E-state index is 10.0. The number of allylic oxidation sites excluding steroid dienone is 1. The van der Waals surface area contributed by atoms with E-state index in [1.807, 2.05) is 7.05 Å². The van der Waals surface area contributed by atoms with Crippen molar-refractivity contribution >= 4 is 11.6 Å². The van der Waals surface area contributed by atoms with Gasteiger partial charge in [0.15, 0.2) is 0 Å². The third kappa shape index (κ3) is 2.52. The van der Waals surface area contributed by atoms with Crippen molar-refractivity contribution in [2.45, 2.75) is 49.1 Å².